The van der Waals surface area contributed by atoms with Crippen LogP contribution in [0.4, 0.5) is 0 Å². The number of benzene rings is 1. The lowest BCUT2D eigenvalue weighted by atomic mass is 9.93. The largest absolute Gasteiger partial charge is 0.393 e. The van der Waals surface area contributed by atoms with Crippen molar-refractivity contribution in [3.8, 4) is 0 Å². The maximum atomic E-state index is 10.2. The first-order valence-corrected chi connectivity index (χ1v) is 7.28. The minimum Gasteiger partial charge on any atom is -0.393 e. The molecule has 1 aromatic carbocycles. The molecule has 0 bridgehead atoms. The molecule has 1 N–H and O–H groups in total. The Morgan fingerprint density at radius 2 is 1.89 bits per heavy atom. The zero-order valence-electron chi connectivity index (χ0n) is 11.0. The van der Waals surface area contributed by atoms with E-state index in [1.165, 1.54) is 5.56 Å². The number of rotatable bonds is 5. The fourth-order valence-electron chi connectivity index (χ4n) is 2.18. The van der Waals surface area contributed by atoms with Crippen molar-refractivity contribution in [1.82, 2.24) is 4.98 Å². The monoisotopic (exact) mass is 319 g/mol. The summed E-state index contributed by atoms with van der Waals surface area (Å²) < 4.78 is 0.961. The van der Waals surface area contributed by atoms with Crippen LogP contribution in [0.1, 0.15) is 30.5 Å². The first-order valence-electron chi connectivity index (χ1n) is 6.48. The van der Waals surface area contributed by atoms with Gasteiger partial charge in [-0.3, -0.25) is 4.98 Å². The Morgan fingerprint density at radius 3 is 2.53 bits per heavy atom. The molecule has 2 nitrogen and oxygen atoms in total. The molecule has 2 rings (SSSR count). The molecule has 1 heterocycles. The molecule has 0 aliphatic rings. The van der Waals surface area contributed by atoms with Crippen LogP contribution in [0.25, 0.3) is 0 Å². The number of aromatic nitrogens is 1. The van der Waals surface area contributed by atoms with E-state index in [9.17, 15) is 5.11 Å². The summed E-state index contributed by atoms with van der Waals surface area (Å²) in [5, 5.41) is 10.2. The average molecular weight is 320 g/mol. The van der Waals surface area contributed by atoms with E-state index in [4.69, 9.17) is 0 Å². The van der Waals surface area contributed by atoms with E-state index in [1.807, 2.05) is 30.3 Å². The number of aliphatic hydroxyl groups excluding tert-OH is 1. The van der Waals surface area contributed by atoms with E-state index in [0.717, 1.165) is 16.6 Å². The molecule has 100 valence electrons. The summed E-state index contributed by atoms with van der Waals surface area (Å²) in [6.07, 6.45) is 2.76. The van der Waals surface area contributed by atoms with Gasteiger partial charge < -0.3 is 5.11 Å². The summed E-state index contributed by atoms with van der Waals surface area (Å²) in [4.78, 5) is 4.29. The van der Waals surface area contributed by atoms with Gasteiger partial charge in [0.1, 0.15) is 0 Å². The minimum absolute atomic E-state index is 0.353. The second-order valence-corrected chi connectivity index (χ2v) is 5.79. The van der Waals surface area contributed by atoms with Gasteiger partial charge in [-0.05, 0) is 46.0 Å². The molecule has 1 aromatic heterocycles. The highest BCUT2D eigenvalue weighted by atomic mass is 79.9. The van der Waals surface area contributed by atoms with Crippen LogP contribution in [0.15, 0.2) is 53.1 Å². The summed E-state index contributed by atoms with van der Waals surface area (Å²) in [5.74, 6) is 0.353. The zero-order chi connectivity index (χ0) is 13.7. The topological polar surface area (TPSA) is 33.1 Å². The highest BCUT2D eigenvalue weighted by Gasteiger charge is 2.13. The number of hydrogen-bond acceptors (Lipinski definition) is 2. The van der Waals surface area contributed by atoms with Crippen molar-refractivity contribution in [2.75, 3.05) is 0 Å². The van der Waals surface area contributed by atoms with Gasteiger partial charge in [0, 0.05) is 22.8 Å². The van der Waals surface area contributed by atoms with Crippen LogP contribution in [-0.4, -0.2) is 16.2 Å². The Hall–Kier alpha value is -1.19. The Bertz CT molecular complexity index is 498. The van der Waals surface area contributed by atoms with Crippen molar-refractivity contribution in [1.29, 1.82) is 0 Å². The molecule has 0 aliphatic heterocycles. The van der Waals surface area contributed by atoms with E-state index in [1.54, 1.807) is 6.20 Å². The third kappa shape index (κ3) is 4.44. The standard InChI is InChI=1S/C16H18BrNO/c1-12(13-5-3-2-4-6-13)9-16(19)10-15-8-7-14(17)11-18-15/h2-8,11-12,16,19H,9-10H2,1H3. The third-order valence-corrected chi connectivity index (χ3v) is 3.70. The van der Waals surface area contributed by atoms with Crippen molar-refractivity contribution in [3.05, 3.63) is 64.4 Å². The van der Waals surface area contributed by atoms with E-state index in [2.05, 4.69) is 40.0 Å². The van der Waals surface area contributed by atoms with E-state index < -0.39 is 0 Å². The second-order valence-electron chi connectivity index (χ2n) is 4.87. The number of halogens is 1. The Labute approximate surface area is 122 Å². The Balaban J connectivity index is 1.90. The summed E-state index contributed by atoms with van der Waals surface area (Å²) in [7, 11) is 0. The van der Waals surface area contributed by atoms with Gasteiger partial charge in [-0.1, -0.05) is 37.3 Å². The fraction of sp³-hybridized carbons (Fsp3) is 0.312. The van der Waals surface area contributed by atoms with Gasteiger partial charge in [0.05, 0.1) is 6.10 Å². The molecule has 2 aromatic rings. The molecule has 2 atom stereocenters. The highest BCUT2D eigenvalue weighted by Crippen LogP contribution is 2.21. The summed E-state index contributed by atoms with van der Waals surface area (Å²) in [6, 6.07) is 14.2. The van der Waals surface area contributed by atoms with Crippen LogP contribution < -0.4 is 0 Å². The van der Waals surface area contributed by atoms with Crippen molar-refractivity contribution in [2.24, 2.45) is 0 Å². The molecular formula is C16H18BrNO. The lowest BCUT2D eigenvalue weighted by molar-refractivity contribution is 0.156. The van der Waals surface area contributed by atoms with Crippen LogP contribution in [0.5, 0.6) is 0 Å². The summed E-state index contributed by atoms with van der Waals surface area (Å²) in [5.41, 5.74) is 2.20. The van der Waals surface area contributed by atoms with Crippen molar-refractivity contribution < 1.29 is 5.11 Å². The Kier molecular flexibility index (Phi) is 5.11. The van der Waals surface area contributed by atoms with Gasteiger partial charge in [-0.15, -0.1) is 0 Å². The molecule has 0 fully saturated rings. The molecule has 0 aliphatic carbocycles. The van der Waals surface area contributed by atoms with E-state index in [-0.39, 0.29) is 6.10 Å². The van der Waals surface area contributed by atoms with Crippen LogP contribution in [-0.2, 0) is 6.42 Å². The van der Waals surface area contributed by atoms with Crippen molar-refractivity contribution >= 4 is 15.9 Å². The van der Waals surface area contributed by atoms with Crippen LogP contribution >= 0.6 is 15.9 Å². The molecule has 0 saturated carbocycles. The number of aliphatic hydroxyl groups is 1. The van der Waals surface area contributed by atoms with Gasteiger partial charge >= 0.3 is 0 Å². The van der Waals surface area contributed by atoms with E-state index >= 15 is 0 Å². The molecule has 0 spiro atoms. The predicted octanol–water partition coefficient (Wildman–Crippen LogP) is 3.94. The summed E-state index contributed by atoms with van der Waals surface area (Å²) in [6.45, 7) is 2.15. The smallest absolute Gasteiger partial charge is 0.0601 e. The van der Waals surface area contributed by atoms with Crippen molar-refractivity contribution in [2.45, 2.75) is 31.8 Å². The second kappa shape index (κ2) is 6.83. The van der Waals surface area contributed by atoms with Gasteiger partial charge in [-0.25, -0.2) is 0 Å². The first kappa shape index (κ1) is 14.2. The summed E-state index contributed by atoms with van der Waals surface area (Å²) >= 11 is 3.36. The molecular weight excluding hydrogens is 302 g/mol. The van der Waals surface area contributed by atoms with Crippen LogP contribution in [0.2, 0.25) is 0 Å². The fourth-order valence-corrected chi connectivity index (χ4v) is 2.41. The molecule has 2 unspecified atom stereocenters. The lowest BCUT2D eigenvalue weighted by Gasteiger charge is -2.16. The number of hydrogen-bond donors (Lipinski definition) is 1. The first-order chi connectivity index (χ1) is 9.15. The Morgan fingerprint density at radius 1 is 1.16 bits per heavy atom. The van der Waals surface area contributed by atoms with Gasteiger partial charge in [0.25, 0.3) is 0 Å². The third-order valence-electron chi connectivity index (χ3n) is 3.23. The zero-order valence-corrected chi connectivity index (χ0v) is 12.5. The van der Waals surface area contributed by atoms with Crippen LogP contribution in [0, 0.1) is 0 Å². The molecule has 0 radical (unpaired) electrons. The molecule has 0 amide bonds. The maximum absolute atomic E-state index is 10.2. The molecule has 19 heavy (non-hydrogen) atoms. The van der Waals surface area contributed by atoms with E-state index in [0.29, 0.717) is 12.3 Å². The van der Waals surface area contributed by atoms with Crippen molar-refractivity contribution in [3.63, 3.8) is 0 Å². The average Bonchev–Trinajstić information content (AvgIpc) is 2.42. The highest BCUT2D eigenvalue weighted by molar-refractivity contribution is 9.10. The quantitative estimate of drug-likeness (QED) is 0.905. The molecule has 0 saturated heterocycles. The maximum Gasteiger partial charge on any atom is 0.0601 e. The van der Waals surface area contributed by atoms with Gasteiger partial charge in [-0.2, -0.15) is 0 Å². The SMILES string of the molecule is CC(CC(O)Cc1ccc(Br)cn1)c1ccccc1. The van der Waals surface area contributed by atoms with Crippen LogP contribution in [0.3, 0.4) is 0 Å². The minimum atomic E-state index is -0.358. The normalized spacial score (nSPS) is 14.1. The predicted molar refractivity (Wildman–Crippen MR) is 81.1 cm³/mol. The lowest BCUT2D eigenvalue weighted by Crippen LogP contribution is -2.14. The van der Waals surface area contributed by atoms with Gasteiger partial charge in [0.2, 0.25) is 0 Å². The number of nitrogens with zero attached hydrogens (tertiary/aromatic N) is 1. The molecule has 3 heteroatoms. The number of pyridine rings is 1. The van der Waals surface area contributed by atoms with Gasteiger partial charge in [0.15, 0.2) is 0 Å².